The van der Waals surface area contributed by atoms with E-state index < -0.39 is 28.0 Å². The van der Waals surface area contributed by atoms with Gasteiger partial charge in [0.05, 0.1) is 10.8 Å². The third kappa shape index (κ3) is 4.64. The van der Waals surface area contributed by atoms with Crippen molar-refractivity contribution in [1.29, 1.82) is 0 Å². The van der Waals surface area contributed by atoms with Gasteiger partial charge in [0, 0.05) is 24.3 Å². The van der Waals surface area contributed by atoms with Crippen LogP contribution in [0.5, 0.6) is 0 Å². The summed E-state index contributed by atoms with van der Waals surface area (Å²) >= 11 is 0. The maximum atomic E-state index is 12.9. The molecule has 3 rings (SSSR count). The third-order valence-corrected chi connectivity index (χ3v) is 6.01. The van der Waals surface area contributed by atoms with E-state index in [4.69, 9.17) is 0 Å². The minimum absolute atomic E-state index is 0.0213. The van der Waals surface area contributed by atoms with Crippen molar-refractivity contribution in [2.45, 2.75) is 23.9 Å². The van der Waals surface area contributed by atoms with Crippen LogP contribution in [0.15, 0.2) is 59.5 Å². The van der Waals surface area contributed by atoms with Gasteiger partial charge < -0.3 is 4.90 Å². The minimum atomic E-state index is -4.32. The van der Waals surface area contributed by atoms with Crippen molar-refractivity contribution >= 4 is 21.6 Å². The van der Waals surface area contributed by atoms with E-state index in [1.54, 1.807) is 18.2 Å². The molecule has 1 saturated heterocycles. The quantitative estimate of drug-likeness (QED) is 0.828. The van der Waals surface area contributed by atoms with Crippen LogP contribution in [-0.4, -0.2) is 38.5 Å². The Morgan fingerprint density at radius 2 is 1.68 bits per heavy atom. The highest BCUT2D eigenvalue weighted by Crippen LogP contribution is 2.33. The van der Waals surface area contributed by atoms with Gasteiger partial charge in [0.25, 0.3) is 15.9 Å². The molecule has 5 nitrogen and oxygen atoms in total. The van der Waals surface area contributed by atoms with Crippen LogP contribution < -0.4 is 4.72 Å². The second-order valence-electron chi connectivity index (χ2n) is 6.63. The monoisotopic (exact) mass is 412 g/mol. The van der Waals surface area contributed by atoms with E-state index in [2.05, 4.69) is 4.72 Å². The van der Waals surface area contributed by atoms with Gasteiger partial charge >= 0.3 is 6.18 Å². The van der Waals surface area contributed by atoms with Gasteiger partial charge in [0.2, 0.25) is 0 Å². The van der Waals surface area contributed by atoms with Crippen LogP contribution in [-0.2, 0) is 10.0 Å². The molecule has 0 radical (unpaired) electrons. The number of nitrogens with one attached hydrogen (secondary N) is 1. The molecule has 1 aliphatic heterocycles. The molecule has 0 spiro atoms. The zero-order valence-electron chi connectivity index (χ0n) is 14.8. The highest BCUT2D eigenvalue weighted by molar-refractivity contribution is 7.92. The number of hydrogen-bond acceptors (Lipinski definition) is 3. The number of nitrogens with zero attached hydrogens (tertiary/aromatic N) is 1. The van der Waals surface area contributed by atoms with Crippen LogP contribution in [0.25, 0.3) is 0 Å². The number of amides is 1. The molecule has 1 N–H and O–H groups in total. The molecule has 28 heavy (non-hydrogen) atoms. The normalized spacial score (nSPS) is 18.0. The standard InChI is InChI=1S/C19H19F3N2O3S/c20-19(21,22)15-5-4-12-24(13-15)18(25)14-8-10-16(11-9-14)23-28(26,27)17-6-2-1-3-7-17/h1-3,6-11,15,23H,4-5,12-13H2. The first kappa shape index (κ1) is 20.2. The molecule has 0 bridgehead atoms. The zero-order valence-corrected chi connectivity index (χ0v) is 15.6. The Morgan fingerprint density at radius 3 is 2.29 bits per heavy atom. The minimum Gasteiger partial charge on any atom is -0.338 e. The predicted octanol–water partition coefficient (Wildman–Crippen LogP) is 3.90. The summed E-state index contributed by atoms with van der Waals surface area (Å²) in [5.41, 5.74) is 0.470. The van der Waals surface area contributed by atoms with Crippen molar-refractivity contribution < 1.29 is 26.4 Å². The molecular weight excluding hydrogens is 393 g/mol. The van der Waals surface area contributed by atoms with Crippen molar-refractivity contribution in [3.05, 3.63) is 60.2 Å². The van der Waals surface area contributed by atoms with Gasteiger partial charge in [-0.1, -0.05) is 18.2 Å². The molecule has 2 aromatic rings. The van der Waals surface area contributed by atoms with Crippen LogP contribution >= 0.6 is 0 Å². The Balaban J connectivity index is 1.69. The third-order valence-electron chi connectivity index (χ3n) is 4.61. The number of likely N-dealkylation sites (tertiary alicyclic amines) is 1. The van der Waals surface area contributed by atoms with Crippen molar-refractivity contribution in [2.75, 3.05) is 17.8 Å². The largest absolute Gasteiger partial charge is 0.393 e. The molecule has 1 aliphatic rings. The highest BCUT2D eigenvalue weighted by Gasteiger charge is 2.42. The Hall–Kier alpha value is -2.55. The predicted molar refractivity (Wildman–Crippen MR) is 98.4 cm³/mol. The Kier molecular flexibility index (Phi) is 5.64. The summed E-state index contributed by atoms with van der Waals surface area (Å²) < 4.78 is 65.8. The van der Waals surface area contributed by atoms with E-state index >= 15 is 0 Å². The summed E-state index contributed by atoms with van der Waals surface area (Å²) in [6.07, 6.45) is -4.00. The lowest BCUT2D eigenvalue weighted by molar-refractivity contribution is -0.184. The van der Waals surface area contributed by atoms with E-state index in [1.807, 2.05) is 0 Å². The second kappa shape index (κ2) is 7.83. The first-order valence-corrected chi connectivity index (χ1v) is 10.2. The first-order valence-electron chi connectivity index (χ1n) is 8.71. The van der Waals surface area contributed by atoms with Crippen molar-refractivity contribution in [1.82, 2.24) is 4.90 Å². The summed E-state index contributed by atoms with van der Waals surface area (Å²) in [4.78, 5) is 13.8. The number of alkyl halides is 3. The average molecular weight is 412 g/mol. The molecule has 0 aromatic heterocycles. The number of anilines is 1. The summed E-state index contributed by atoms with van der Waals surface area (Å²) in [5, 5.41) is 0. The summed E-state index contributed by atoms with van der Waals surface area (Å²) in [6, 6.07) is 13.4. The van der Waals surface area contributed by atoms with E-state index in [-0.39, 0.29) is 35.7 Å². The van der Waals surface area contributed by atoms with Crippen molar-refractivity contribution in [3.8, 4) is 0 Å². The highest BCUT2D eigenvalue weighted by atomic mass is 32.2. The molecular formula is C19H19F3N2O3S. The lowest BCUT2D eigenvalue weighted by atomic mass is 9.97. The topological polar surface area (TPSA) is 66.5 Å². The maximum absolute atomic E-state index is 12.9. The average Bonchev–Trinajstić information content (AvgIpc) is 2.68. The maximum Gasteiger partial charge on any atom is 0.393 e. The van der Waals surface area contributed by atoms with Crippen molar-refractivity contribution in [3.63, 3.8) is 0 Å². The van der Waals surface area contributed by atoms with Gasteiger partial charge in [0.15, 0.2) is 0 Å². The van der Waals surface area contributed by atoms with Gasteiger partial charge in [-0.05, 0) is 49.2 Å². The number of carbonyl (C=O) groups is 1. The summed E-state index contributed by atoms with van der Waals surface area (Å²) in [5.74, 6) is -2.01. The number of halogens is 3. The lowest BCUT2D eigenvalue weighted by Gasteiger charge is -2.33. The molecule has 1 amide bonds. The molecule has 0 saturated carbocycles. The number of benzene rings is 2. The Labute approximate surface area is 161 Å². The van der Waals surface area contributed by atoms with Crippen LogP contribution in [0, 0.1) is 5.92 Å². The fourth-order valence-electron chi connectivity index (χ4n) is 3.11. The fraction of sp³-hybridized carbons (Fsp3) is 0.316. The number of sulfonamides is 1. The molecule has 0 aliphatic carbocycles. The van der Waals surface area contributed by atoms with E-state index in [9.17, 15) is 26.4 Å². The smallest absolute Gasteiger partial charge is 0.338 e. The van der Waals surface area contributed by atoms with Gasteiger partial charge in [-0.25, -0.2) is 8.42 Å². The Bertz CT molecular complexity index is 929. The summed E-state index contributed by atoms with van der Waals surface area (Å²) in [6.45, 7) is -0.0848. The number of rotatable bonds is 4. The summed E-state index contributed by atoms with van der Waals surface area (Å²) in [7, 11) is -3.76. The van der Waals surface area contributed by atoms with Crippen LogP contribution in [0.3, 0.4) is 0 Å². The second-order valence-corrected chi connectivity index (χ2v) is 8.31. The Morgan fingerprint density at radius 1 is 1.04 bits per heavy atom. The molecule has 9 heteroatoms. The van der Waals surface area contributed by atoms with Gasteiger partial charge in [-0.15, -0.1) is 0 Å². The van der Waals surface area contributed by atoms with Crippen LogP contribution in [0.1, 0.15) is 23.2 Å². The lowest BCUT2D eigenvalue weighted by Crippen LogP contribution is -2.44. The molecule has 150 valence electrons. The van der Waals surface area contributed by atoms with Gasteiger partial charge in [-0.2, -0.15) is 13.2 Å². The molecule has 1 unspecified atom stereocenters. The first-order chi connectivity index (χ1) is 13.2. The van der Waals surface area contributed by atoms with Gasteiger partial charge in [0.1, 0.15) is 0 Å². The molecule has 2 aromatic carbocycles. The van der Waals surface area contributed by atoms with Crippen molar-refractivity contribution in [2.24, 2.45) is 5.92 Å². The fourth-order valence-corrected chi connectivity index (χ4v) is 4.19. The number of hydrogen-bond donors (Lipinski definition) is 1. The molecule has 1 atom stereocenters. The van der Waals surface area contributed by atoms with E-state index in [0.717, 1.165) is 0 Å². The van der Waals surface area contributed by atoms with Crippen LogP contribution in [0.2, 0.25) is 0 Å². The molecule has 1 heterocycles. The van der Waals surface area contributed by atoms with Gasteiger partial charge in [-0.3, -0.25) is 9.52 Å². The number of piperidine rings is 1. The van der Waals surface area contributed by atoms with E-state index in [1.165, 1.54) is 41.3 Å². The SMILES string of the molecule is O=C(c1ccc(NS(=O)(=O)c2ccccc2)cc1)N1CCCC(C(F)(F)F)C1. The van der Waals surface area contributed by atoms with E-state index in [0.29, 0.717) is 6.42 Å². The number of carbonyl (C=O) groups excluding carboxylic acids is 1. The van der Waals surface area contributed by atoms with Crippen LogP contribution in [0.4, 0.5) is 18.9 Å². The zero-order chi connectivity index (χ0) is 20.4. The molecule has 1 fully saturated rings.